The second-order valence-corrected chi connectivity index (χ2v) is 5.89. The topological polar surface area (TPSA) is 29.5 Å². The molecule has 3 nitrogen and oxygen atoms in total. The summed E-state index contributed by atoms with van der Waals surface area (Å²) in [7, 11) is 0. The van der Waals surface area contributed by atoms with Crippen molar-refractivity contribution in [3.05, 3.63) is 28.8 Å². The number of halogens is 1. The van der Waals surface area contributed by atoms with Crippen LogP contribution in [0.15, 0.2) is 18.2 Å². The molecule has 1 aromatic rings. The predicted octanol–water partition coefficient (Wildman–Crippen LogP) is 3.65. The first-order valence-electron chi connectivity index (χ1n) is 7.28. The lowest BCUT2D eigenvalue weighted by Crippen LogP contribution is -2.37. The second kappa shape index (κ2) is 7.09. The Morgan fingerprint density at radius 3 is 2.95 bits per heavy atom. The summed E-state index contributed by atoms with van der Waals surface area (Å²) in [5.74, 6) is 1.45. The van der Waals surface area contributed by atoms with Crippen molar-refractivity contribution in [1.29, 1.82) is 0 Å². The Kier molecular flexibility index (Phi) is 5.44. The Bertz CT molecular complexity index is 476. The SMILES string of the molecule is CCOc1ccc(C(=O)CN2CCCC(C)C2)cc1Cl. The average Bonchev–Trinajstić information content (AvgIpc) is 2.41. The molecule has 0 aliphatic carbocycles. The third-order valence-electron chi connectivity index (χ3n) is 3.66. The molecule has 0 N–H and O–H groups in total. The van der Waals surface area contributed by atoms with E-state index in [4.69, 9.17) is 16.3 Å². The number of Topliss-reactive ketones (excluding diaryl/α,β-unsaturated/α-hetero) is 1. The number of nitrogens with zero attached hydrogens (tertiary/aromatic N) is 1. The smallest absolute Gasteiger partial charge is 0.176 e. The lowest BCUT2D eigenvalue weighted by Gasteiger charge is -2.30. The molecule has 0 radical (unpaired) electrons. The van der Waals surface area contributed by atoms with Gasteiger partial charge in [-0.1, -0.05) is 18.5 Å². The van der Waals surface area contributed by atoms with E-state index < -0.39 is 0 Å². The summed E-state index contributed by atoms with van der Waals surface area (Å²) in [5.41, 5.74) is 0.664. The zero-order chi connectivity index (χ0) is 14.5. The van der Waals surface area contributed by atoms with Gasteiger partial charge in [0.05, 0.1) is 18.2 Å². The lowest BCUT2D eigenvalue weighted by molar-refractivity contribution is 0.0893. The molecular weight excluding hydrogens is 274 g/mol. The van der Waals surface area contributed by atoms with E-state index in [2.05, 4.69) is 11.8 Å². The number of hydrogen-bond acceptors (Lipinski definition) is 3. The predicted molar refractivity (Wildman–Crippen MR) is 81.8 cm³/mol. The van der Waals surface area contributed by atoms with E-state index in [1.54, 1.807) is 18.2 Å². The van der Waals surface area contributed by atoms with Crippen molar-refractivity contribution in [3.63, 3.8) is 0 Å². The van der Waals surface area contributed by atoms with Crippen LogP contribution in [0.25, 0.3) is 0 Å². The van der Waals surface area contributed by atoms with Gasteiger partial charge in [-0.15, -0.1) is 0 Å². The van der Waals surface area contributed by atoms with Crippen LogP contribution < -0.4 is 4.74 Å². The molecule has 0 bridgehead atoms. The van der Waals surface area contributed by atoms with Crippen LogP contribution in [0.5, 0.6) is 5.75 Å². The molecule has 1 aliphatic rings. The maximum absolute atomic E-state index is 12.3. The molecule has 20 heavy (non-hydrogen) atoms. The number of ketones is 1. The van der Waals surface area contributed by atoms with Gasteiger partial charge in [-0.2, -0.15) is 0 Å². The molecule has 1 heterocycles. The van der Waals surface area contributed by atoms with Crippen molar-refractivity contribution >= 4 is 17.4 Å². The Balaban J connectivity index is 2.00. The molecule has 1 saturated heterocycles. The largest absolute Gasteiger partial charge is 0.492 e. The maximum Gasteiger partial charge on any atom is 0.176 e. The van der Waals surface area contributed by atoms with Gasteiger partial charge in [-0.05, 0) is 50.4 Å². The highest BCUT2D eigenvalue weighted by molar-refractivity contribution is 6.32. The molecule has 1 aromatic carbocycles. The molecule has 0 amide bonds. The van der Waals surface area contributed by atoms with Gasteiger partial charge >= 0.3 is 0 Å². The summed E-state index contributed by atoms with van der Waals surface area (Å²) in [4.78, 5) is 14.5. The molecular formula is C16H22ClNO2. The van der Waals surface area contributed by atoms with E-state index in [1.807, 2.05) is 6.92 Å². The van der Waals surface area contributed by atoms with Crippen molar-refractivity contribution in [2.45, 2.75) is 26.7 Å². The zero-order valence-corrected chi connectivity index (χ0v) is 12.9. The van der Waals surface area contributed by atoms with Crippen LogP contribution >= 0.6 is 11.6 Å². The van der Waals surface area contributed by atoms with E-state index >= 15 is 0 Å². The average molecular weight is 296 g/mol. The summed E-state index contributed by atoms with van der Waals surface area (Å²) >= 11 is 6.13. The van der Waals surface area contributed by atoms with Crippen LogP contribution in [-0.4, -0.2) is 36.9 Å². The Labute approximate surface area is 125 Å². The zero-order valence-electron chi connectivity index (χ0n) is 12.2. The second-order valence-electron chi connectivity index (χ2n) is 5.48. The number of carbonyl (C=O) groups excluding carboxylic acids is 1. The minimum Gasteiger partial charge on any atom is -0.492 e. The molecule has 1 aliphatic heterocycles. The summed E-state index contributed by atoms with van der Waals surface area (Å²) in [6.07, 6.45) is 2.44. The number of benzene rings is 1. The fourth-order valence-corrected chi connectivity index (χ4v) is 2.91. The van der Waals surface area contributed by atoms with Gasteiger partial charge in [0.25, 0.3) is 0 Å². The normalized spacial score (nSPS) is 19.9. The monoisotopic (exact) mass is 295 g/mol. The molecule has 1 fully saturated rings. The van der Waals surface area contributed by atoms with E-state index in [0.717, 1.165) is 13.1 Å². The van der Waals surface area contributed by atoms with Crippen LogP contribution in [0, 0.1) is 5.92 Å². The number of rotatable bonds is 5. The first-order chi connectivity index (χ1) is 9.60. The molecule has 1 unspecified atom stereocenters. The lowest BCUT2D eigenvalue weighted by atomic mass is 9.99. The number of carbonyl (C=O) groups is 1. The molecule has 110 valence electrons. The summed E-state index contributed by atoms with van der Waals surface area (Å²) in [6.45, 7) is 7.22. The summed E-state index contributed by atoms with van der Waals surface area (Å²) < 4.78 is 5.38. The van der Waals surface area contributed by atoms with Crippen LogP contribution in [-0.2, 0) is 0 Å². The van der Waals surface area contributed by atoms with Gasteiger partial charge in [-0.3, -0.25) is 9.69 Å². The standard InChI is InChI=1S/C16H22ClNO2/c1-3-20-16-7-6-13(9-14(16)17)15(19)11-18-8-4-5-12(2)10-18/h6-7,9,12H,3-5,8,10-11H2,1-2H3. The number of hydrogen-bond donors (Lipinski definition) is 0. The Morgan fingerprint density at radius 2 is 2.30 bits per heavy atom. The van der Waals surface area contributed by atoms with Crippen LogP contribution in [0.1, 0.15) is 37.0 Å². The fraction of sp³-hybridized carbons (Fsp3) is 0.562. The highest BCUT2D eigenvalue weighted by atomic mass is 35.5. The summed E-state index contributed by atoms with van der Waals surface area (Å²) in [5, 5.41) is 0.504. The maximum atomic E-state index is 12.3. The van der Waals surface area contributed by atoms with Crippen LogP contribution in [0.3, 0.4) is 0 Å². The van der Waals surface area contributed by atoms with Gasteiger partial charge in [0.2, 0.25) is 0 Å². The van der Waals surface area contributed by atoms with Gasteiger partial charge in [-0.25, -0.2) is 0 Å². The van der Waals surface area contributed by atoms with Gasteiger partial charge in [0, 0.05) is 12.1 Å². The van der Waals surface area contributed by atoms with E-state index in [-0.39, 0.29) is 5.78 Å². The number of piperidine rings is 1. The van der Waals surface area contributed by atoms with Gasteiger partial charge < -0.3 is 4.74 Å². The summed E-state index contributed by atoms with van der Waals surface area (Å²) in [6, 6.07) is 5.28. The van der Waals surface area contributed by atoms with Crippen molar-refractivity contribution in [2.24, 2.45) is 5.92 Å². The highest BCUT2D eigenvalue weighted by Crippen LogP contribution is 2.26. The molecule has 0 aromatic heterocycles. The number of ether oxygens (including phenoxy) is 1. The van der Waals surface area contributed by atoms with Crippen LogP contribution in [0.2, 0.25) is 5.02 Å². The Hall–Kier alpha value is -1.06. The highest BCUT2D eigenvalue weighted by Gasteiger charge is 2.19. The van der Waals surface area contributed by atoms with E-state index in [9.17, 15) is 4.79 Å². The van der Waals surface area contributed by atoms with Crippen molar-refractivity contribution in [3.8, 4) is 5.75 Å². The van der Waals surface area contributed by atoms with E-state index in [0.29, 0.717) is 35.4 Å². The van der Waals surface area contributed by atoms with Crippen LogP contribution in [0.4, 0.5) is 0 Å². The van der Waals surface area contributed by atoms with Gasteiger partial charge in [0.15, 0.2) is 5.78 Å². The third kappa shape index (κ3) is 3.97. The van der Waals surface area contributed by atoms with E-state index in [1.165, 1.54) is 12.8 Å². The molecule has 1 atom stereocenters. The minimum absolute atomic E-state index is 0.129. The van der Waals surface area contributed by atoms with Gasteiger partial charge in [0.1, 0.15) is 5.75 Å². The van der Waals surface area contributed by atoms with Crippen molar-refractivity contribution in [1.82, 2.24) is 4.90 Å². The first-order valence-corrected chi connectivity index (χ1v) is 7.66. The Morgan fingerprint density at radius 1 is 1.50 bits per heavy atom. The quantitative estimate of drug-likeness (QED) is 0.777. The minimum atomic E-state index is 0.129. The number of likely N-dealkylation sites (tertiary alicyclic amines) is 1. The molecule has 4 heteroatoms. The van der Waals surface area contributed by atoms with Crippen molar-refractivity contribution in [2.75, 3.05) is 26.2 Å². The third-order valence-corrected chi connectivity index (χ3v) is 3.96. The molecule has 0 saturated carbocycles. The first kappa shape index (κ1) is 15.3. The fourth-order valence-electron chi connectivity index (χ4n) is 2.67. The molecule has 0 spiro atoms. The van der Waals surface area contributed by atoms with Crippen molar-refractivity contribution < 1.29 is 9.53 Å². The molecule has 2 rings (SSSR count).